The Balaban J connectivity index is -0.00000234. The number of phosphoric ester groups is 3. The number of phosphoric acid groups is 3. The summed E-state index contributed by atoms with van der Waals surface area (Å²) in [6.45, 7) is 1.90. The molecule has 0 bridgehead atoms. The fourth-order valence-corrected chi connectivity index (χ4v) is 7.65. The van der Waals surface area contributed by atoms with E-state index >= 15 is 0 Å². The second kappa shape index (κ2) is 23.4. The van der Waals surface area contributed by atoms with Crippen molar-refractivity contribution in [1.29, 1.82) is 0 Å². The maximum absolute atomic E-state index is 12.6. The molecule has 10 N–H and O–H groups in total. The molecule has 31 heteroatoms. The van der Waals surface area contributed by atoms with Gasteiger partial charge < -0.3 is 55.2 Å². The van der Waals surface area contributed by atoms with Crippen LogP contribution in [0.4, 0.5) is 5.82 Å². The number of ether oxygens (including phenoxy) is 1. The number of rotatable bonds is 19. The van der Waals surface area contributed by atoms with Crippen LogP contribution in [0.2, 0.25) is 0 Å². The number of aliphatic hydroxyl groups excluding tert-OH is 2. The molecule has 0 aliphatic carbocycles. The third kappa shape index (κ3) is 17.0. The third-order valence-electron chi connectivity index (χ3n) is 6.81. The number of imidazole rings is 1. The summed E-state index contributed by atoms with van der Waals surface area (Å²) in [6.07, 6.45) is -6.88. The summed E-state index contributed by atoms with van der Waals surface area (Å²) in [4.78, 5) is 85.9. The number of nitrogens with two attached hydrogens (primary N) is 1. The summed E-state index contributed by atoms with van der Waals surface area (Å²) in [5, 5.41) is 26.1. The maximum Gasteiger partial charge on any atom is 1.00 e. The number of aliphatic hydroxyl groups is 2. The van der Waals surface area contributed by atoms with Crippen LogP contribution in [0.3, 0.4) is 0 Å². The molecule has 1 aliphatic rings. The number of thioether (sulfide) groups is 1. The van der Waals surface area contributed by atoms with Gasteiger partial charge in [0, 0.05) is 37.6 Å². The quantitative estimate of drug-likeness (QED) is 0.0359. The summed E-state index contributed by atoms with van der Waals surface area (Å²) >= 11 is 1.03. The average molecular weight is 882 g/mol. The van der Waals surface area contributed by atoms with Crippen LogP contribution in [0.15, 0.2) is 12.7 Å². The Bertz CT molecular complexity index is 1740. The van der Waals surface area contributed by atoms with Crippen molar-refractivity contribution in [3.8, 4) is 0 Å². The second-order valence-electron chi connectivity index (χ2n) is 11.4. The number of hydrogen-bond acceptors (Lipinski definition) is 18. The smallest absolute Gasteiger partial charge is 1.00 e. The molecule has 2 unspecified atom stereocenters. The molecule has 24 nitrogen and oxygen atoms in total. The van der Waals surface area contributed by atoms with Crippen LogP contribution >= 0.6 is 35.2 Å². The largest absolute Gasteiger partial charge is 1.00 e. The zero-order valence-electron chi connectivity index (χ0n) is 33.1. The minimum Gasteiger partial charge on any atom is -1.00 e. The fraction of sp³-hybridized carbons (Fsp3) is 0.652. The van der Waals surface area contributed by atoms with Crippen molar-refractivity contribution in [1.82, 2.24) is 30.2 Å². The van der Waals surface area contributed by atoms with Gasteiger partial charge in [0.25, 0.3) is 0 Å². The van der Waals surface area contributed by atoms with E-state index in [1.165, 1.54) is 20.8 Å². The summed E-state index contributed by atoms with van der Waals surface area (Å²) in [5.74, 6) is -1.08. The fourth-order valence-electron chi connectivity index (χ4n) is 4.32. The van der Waals surface area contributed by atoms with Crippen LogP contribution in [0.25, 0.3) is 11.2 Å². The molecular weight excluding hydrogens is 840 g/mol. The number of nitrogen functional groups attached to an aromatic ring is 1. The molecule has 1 saturated heterocycles. The number of carbonyl (C=O) groups is 3. The van der Waals surface area contributed by atoms with Gasteiger partial charge in [0.05, 0.1) is 19.5 Å². The number of nitrogens with one attached hydrogen (secondary N) is 2. The summed E-state index contributed by atoms with van der Waals surface area (Å²) in [6, 6.07) is 0. The summed E-state index contributed by atoms with van der Waals surface area (Å²) in [5.41, 5.74) is 4.26. The Hall–Kier alpha value is 0.560. The summed E-state index contributed by atoms with van der Waals surface area (Å²) in [7, 11) is -16.4. The van der Waals surface area contributed by atoms with Gasteiger partial charge in [-0.25, -0.2) is 28.6 Å². The molecule has 0 aromatic carbocycles. The molecule has 2 aromatic heterocycles. The molecule has 0 radical (unpaired) electrons. The van der Waals surface area contributed by atoms with E-state index in [0.717, 1.165) is 29.0 Å². The predicted octanol–water partition coefficient (Wildman–Crippen LogP) is -9.97. The van der Waals surface area contributed by atoms with E-state index in [1.807, 2.05) is 0 Å². The predicted molar refractivity (Wildman–Crippen MR) is 176 cm³/mol. The topological polar surface area (TPSA) is 364 Å². The van der Waals surface area contributed by atoms with E-state index in [4.69, 9.17) is 19.5 Å². The molecule has 2 aromatic rings. The molecule has 1 aliphatic heterocycles. The number of hydrogen-bond donors (Lipinski definition) is 9. The first-order valence-corrected chi connectivity index (χ1v) is 20.0. The van der Waals surface area contributed by atoms with Crippen molar-refractivity contribution >= 4 is 69.1 Å². The van der Waals surface area contributed by atoms with E-state index in [-0.39, 0.29) is 135 Å². The average Bonchev–Trinajstić information content (AvgIpc) is 3.57. The Morgan fingerprint density at radius 3 is 2.30 bits per heavy atom. The van der Waals surface area contributed by atoms with Crippen molar-refractivity contribution < 1.29 is 173 Å². The van der Waals surface area contributed by atoms with Crippen LogP contribution in [-0.4, -0.2) is 123 Å². The van der Waals surface area contributed by atoms with Crippen LogP contribution in [0, 0.1) is 5.41 Å². The first kappa shape index (κ1) is 54.6. The van der Waals surface area contributed by atoms with E-state index in [0.29, 0.717) is 5.75 Å². The molecule has 3 rings (SSSR count). The monoisotopic (exact) mass is 881 g/mol. The number of fused-ring (bicyclic) bond motifs is 1. The number of nitrogens with zero attached hydrogens (tertiary/aromatic N) is 4. The Morgan fingerprint density at radius 1 is 1.06 bits per heavy atom. The van der Waals surface area contributed by atoms with Gasteiger partial charge in [0.2, 0.25) is 11.8 Å². The van der Waals surface area contributed by atoms with Gasteiger partial charge in [0.1, 0.15) is 36.3 Å². The van der Waals surface area contributed by atoms with Crippen LogP contribution < -0.4 is 105 Å². The molecule has 2 amide bonds. The molecule has 0 saturated carbocycles. The van der Waals surface area contributed by atoms with Crippen molar-refractivity contribution in [2.45, 2.75) is 57.8 Å². The molecule has 54 heavy (non-hydrogen) atoms. The van der Waals surface area contributed by atoms with Gasteiger partial charge in [-0.1, -0.05) is 25.6 Å². The molecule has 7 atom stereocenters. The Kier molecular flexibility index (Phi) is 23.6. The van der Waals surface area contributed by atoms with Gasteiger partial charge in [-0.05, 0) is 0 Å². The van der Waals surface area contributed by atoms with Crippen molar-refractivity contribution in [2.24, 2.45) is 5.41 Å². The maximum atomic E-state index is 12.6. The van der Waals surface area contributed by atoms with Gasteiger partial charge in [-0.2, -0.15) is 4.31 Å². The first-order chi connectivity index (χ1) is 23.5. The number of carbonyl (C=O) groups excluding carboxylic acids is 3. The molecule has 0 spiro atoms. The number of aromatic nitrogens is 4. The number of amides is 2. The van der Waals surface area contributed by atoms with E-state index in [1.54, 1.807) is 0 Å². The minimum absolute atomic E-state index is 0. The standard InChI is InChI=1S/C23H38N7O17P3S.3Na.3H/c1-12(31)51-7-6-25-14(32)4-5-26-21(35)18(34)23(2,3)9-44-50(41,42)47-49(39,40)43-8-13-17(46-48(36,37)38)16(33)22(45-13)30-11-29-15-19(24)27-10-28-20(15)30;;;;;;/h10-11,13,16-18,22,33-34H,4-9H2,1-3H3,(H,25,32)(H,26,35)(H,39,40)(H,41,42)(H2,24,27,28)(H2,36,37,38);;;;;;/q;3*+1;3*-1/t13-,16-,17-,18+,22-;;;;;;/m1....../s1. The van der Waals surface area contributed by atoms with Crippen LogP contribution in [0.5, 0.6) is 0 Å². The van der Waals surface area contributed by atoms with E-state index in [2.05, 4.69) is 34.4 Å². The molecule has 1 fully saturated rings. The van der Waals surface area contributed by atoms with Crippen molar-refractivity contribution in [3.05, 3.63) is 12.7 Å². The van der Waals surface area contributed by atoms with E-state index in [9.17, 15) is 57.9 Å². The van der Waals surface area contributed by atoms with Gasteiger partial charge in [0.15, 0.2) is 22.8 Å². The zero-order valence-corrected chi connectivity index (χ0v) is 39.6. The minimum atomic E-state index is -5.56. The van der Waals surface area contributed by atoms with Crippen molar-refractivity contribution in [2.75, 3.05) is 37.8 Å². The zero-order chi connectivity index (χ0) is 38.4. The van der Waals surface area contributed by atoms with Gasteiger partial charge in [-0.3, -0.25) is 32.5 Å². The van der Waals surface area contributed by atoms with Crippen molar-refractivity contribution in [3.63, 3.8) is 0 Å². The number of anilines is 1. The van der Waals surface area contributed by atoms with Gasteiger partial charge in [-0.15, -0.1) is 0 Å². The Labute approximate surface area is 382 Å². The normalized spacial score (nSPS) is 21.4. The molecule has 3 heterocycles. The summed E-state index contributed by atoms with van der Waals surface area (Å²) < 4.78 is 61.8. The van der Waals surface area contributed by atoms with Gasteiger partial charge >= 0.3 is 112 Å². The first-order valence-electron chi connectivity index (χ1n) is 14.5. The van der Waals surface area contributed by atoms with Crippen LogP contribution in [0.1, 0.15) is 37.7 Å². The molecule has 294 valence electrons. The Morgan fingerprint density at radius 2 is 1.69 bits per heavy atom. The SMILES string of the molecule is CC(=O)SCCNC(=O)CCNC(=O)[C@H](O)C(C)(C)COP(=O)(O)OP(=O)(O)OC[C@H]1O[C@@H](n2cnc3c(N)ncnc32)[C@H](O)[C@@H]1OP(=O)(O)O.[H-].[H-].[H-].[Na+].[Na+].[Na+]. The van der Waals surface area contributed by atoms with E-state index < -0.39 is 84.6 Å². The third-order valence-corrected chi connectivity index (χ3v) is 10.7. The molecular formula is C23H41N7Na3O17P3S. The van der Waals surface area contributed by atoms with Crippen LogP contribution in [-0.2, 0) is 50.7 Å². The second-order valence-corrected chi connectivity index (χ2v) is 16.9.